The highest BCUT2D eigenvalue weighted by Gasteiger charge is 2.19. The van der Waals surface area contributed by atoms with Gasteiger partial charge in [-0.05, 0) is 38.5 Å². The highest BCUT2D eigenvalue weighted by atomic mass is 31.2. The molecule has 1 N–H and O–H groups in total. The van der Waals surface area contributed by atoms with Gasteiger partial charge in [0.1, 0.15) is 0 Å². The van der Waals surface area contributed by atoms with E-state index in [4.69, 9.17) is 9.05 Å². The number of unbranched alkanes of at least 4 members (excludes halogenated alkanes) is 13. The highest BCUT2D eigenvalue weighted by molar-refractivity contribution is 7.47. The highest BCUT2D eigenvalue weighted by Crippen LogP contribution is 2.43. The van der Waals surface area contributed by atoms with Gasteiger partial charge in [-0.15, -0.1) is 0 Å². The molecule has 4 nitrogen and oxygen atoms in total. The minimum atomic E-state index is -3.82. The van der Waals surface area contributed by atoms with Gasteiger partial charge in [0.15, 0.2) is 0 Å². The van der Waals surface area contributed by atoms with Gasteiger partial charge < -0.3 is 4.89 Å². The van der Waals surface area contributed by atoms with Gasteiger partial charge >= 0.3 is 7.82 Å². The quantitative estimate of drug-likeness (QED) is 0.120. The third-order valence-corrected chi connectivity index (χ3v) is 5.68. The molecule has 1 atom stereocenters. The van der Waals surface area contributed by atoms with Gasteiger partial charge in [-0.2, -0.15) is 0 Å². The maximum Gasteiger partial charge on any atom is 0.472 e. The monoisotopic (exact) mass is 404 g/mol. The molecule has 0 heterocycles. The molecular formula is C22H45O4P. The summed E-state index contributed by atoms with van der Waals surface area (Å²) in [6.07, 6.45) is 23.9. The van der Waals surface area contributed by atoms with Crippen molar-refractivity contribution in [2.45, 2.75) is 117 Å². The Balaban J connectivity index is 3.26. The molecule has 0 spiro atoms. The van der Waals surface area contributed by atoms with Crippen LogP contribution in [0, 0.1) is 0 Å². The smallest absolute Gasteiger partial charge is 0.302 e. The van der Waals surface area contributed by atoms with Gasteiger partial charge in [0.2, 0.25) is 0 Å². The number of hydrogen-bond donors (Lipinski definition) is 1. The van der Waals surface area contributed by atoms with Gasteiger partial charge in [-0.25, -0.2) is 4.57 Å². The Morgan fingerprint density at radius 2 is 1.04 bits per heavy atom. The van der Waals surface area contributed by atoms with Gasteiger partial charge in [-0.3, -0.25) is 9.05 Å². The van der Waals surface area contributed by atoms with Crippen molar-refractivity contribution in [3.8, 4) is 0 Å². The first-order valence-electron chi connectivity index (χ1n) is 11.4. The molecule has 0 aromatic carbocycles. The van der Waals surface area contributed by atoms with Crippen molar-refractivity contribution in [2.24, 2.45) is 0 Å². The largest absolute Gasteiger partial charge is 0.472 e. The molecule has 0 fully saturated rings. The summed E-state index contributed by atoms with van der Waals surface area (Å²) in [5.74, 6) is 0. The molecule has 0 aliphatic rings. The van der Waals surface area contributed by atoms with Crippen LogP contribution in [0.25, 0.3) is 0 Å². The first-order chi connectivity index (χ1) is 13.1. The van der Waals surface area contributed by atoms with Crippen molar-refractivity contribution in [1.82, 2.24) is 0 Å². The van der Waals surface area contributed by atoms with E-state index in [2.05, 4.69) is 19.1 Å². The van der Waals surface area contributed by atoms with E-state index in [-0.39, 0.29) is 6.61 Å². The Kier molecular flexibility index (Phi) is 20.5. The molecular weight excluding hydrogens is 359 g/mol. The lowest BCUT2D eigenvalue weighted by Gasteiger charge is -2.11. The van der Waals surface area contributed by atoms with Crippen LogP contribution in [0.15, 0.2) is 12.2 Å². The minimum Gasteiger partial charge on any atom is -0.302 e. The van der Waals surface area contributed by atoms with Crippen molar-refractivity contribution in [3.05, 3.63) is 12.2 Å². The zero-order valence-corrected chi connectivity index (χ0v) is 18.9. The van der Waals surface area contributed by atoms with Crippen molar-refractivity contribution in [1.29, 1.82) is 0 Å². The molecule has 0 saturated heterocycles. The molecule has 5 heteroatoms. The van der Waals surface area contributed by atoms with Gasteiger partial charge in [-0.1, -0.05) is 90.2 Å². The SMILES string of the molecule is CCCCCCCC/C=C\CCCCCCCCOP(=O)(O)OCCCC. The lowest BCUT2D eigenvalue weighted by Crippen LogP contribution is -1.98. The minimum absolute atomic E-state index is 0.289. The summed E-state index contributed by atoms with van der Waals surface area (Å²) in [4.78, 5) is 9.47. The topological polar surface area (TPSA) is 55.8 Å². The van der Waals surface area contributed by atoms with Gasteiger partial charge in [0.05, 0.1) is 13.2 Å². The summed E-state index contributed by atoms with van der Waals surface area (Å²) < 4.78 is 21.4. The number of hydrogen-bond acceptors (Lipinski definition) is 3. The van der Waals surface area contributed by atoms with E-state index in [1.165, 1.54) is 70.6 Å². The van der Waals surface area contributed by atoms with Gasteiger partial charge in [0.25, 0.3) is 0 Å². The van der Waals surface area contributed by atoms with Crippen LogP contribution >= 0.6 is 7.82 Å². The molecule has 0 amide bonds. The third-order valence-electron chi connectivity index (χ3n) is 4.66. The molecule has 0 aliphatic carbocycles. The number of phosphoric ester groups is 1. The van der Waals surface area contributed by atoms with Crippen molar-refractivity contribution in [3.63, 3.8) is 0 Å². The first-order valence-corrected chi connectivity index (χ1v) is 12.9. The van der Waals surface area contributed by atoms with Crippen LogP contribution in [-0.4, -0.2) is 18.1 Å². The Labute approximate surface area is 168 Å². The summed E-state index contributed by atoms with van der Waals surface area (Å²) in [5.41, 5.74) is 0. The zero-order chi connectivity index (χ0) is 20.1. The molecule has 0 aliphatic heterocycles. The third kappa shape index (κ3) is 22.0. The van der Waals surface area contributed by atoms with E-state index in [0.717, 1.165) is 32.1 Å². The molecule has 1 unspecified atom stereocenters. The average molecular weight is 405 g/mol. The summed E-state index contributed by atoms with van der Waals surface area (Å²) in [6, 6.07) is 0. The predicted molar refractivity (Wildman–Crippen MR) is 116 cm³/mol. The first kappa shape index (κ1) is 26.9. The number of phosphoric acid groups is 1. The fourth-order valence-electron chi connectivity index (χ4n) is 2.89. The molecule has 0 rings (SSSR count). The molecule has 162 valence electrons. The van der Waals surface area contributed by atoms with Crippen LogP contribution in [0.3, 0.4) is 0 Å². The van der Waals surface area contributed by atoms with Crippen LogP contribution in [0.4, 0.5) is 0 Å². The second-order valence-electron chi connectivity index (χ2n) is 7.43. The molecule has 0 aromatic heterocycles. The Morgan fingerprint density at radius 3 is 1.56 bits per heavy atom. The molecule has 0 saturated carbocycles. The Morgan fingerprint density at radius 1 is 0.630 bits per heavy atom. The maximum atomic E-state index is 11.6. The molecule has 0 bridgehead atoms. The standard InChI is InChI=1S/C22H45O4P/c1-3-5-7-8-9-10-11-12-13-14-15-16-17-18-19-20-22-26-27(23,24)25-21-6-4-2/h12-13H,3-11,14-22H2,1-2H3,(H,23,24)/b13-12-. The molecule has 27 heavy (non-hydrogen) atoms. The lowest BCUT2D eigenvalue weighted by molar-refractivity contribution is 0.146. The summed E-state index contributed by atoms with van der Waals surface area (Å²) >= 11 is 0. The van der Waals surface area contributed by atoms with E-state index >= 15 is 0 Å². The summed E-state index contributed by atoms with van der Waals surface area (Å²) in [7, 11) is -3.82. The van der Waals surface area contributed by atoms with Crippen molar-refractivity contribution < 1.29 is 18.5 Å². The molecule has 0 aromatic rings. The Hall–Kier alpha value is -0.150. The van der Waals surface area contributed by atoms with Crippen LogP contribution < -0.4 is 0 Å². The number of allylic oxidation sites excluding steroid dienone is 2. The van der Waals surface area contributed by atoms with E-state index in [9.17, 15) is 9.46 Å². The fourth-order valence-corrected chi connectivity index (χ4v) is 3.69. The summed E-state index contributed by atoms with van der Waals surface area (Å²) in [6.45, 7) is 4.87. The van der Waals surface area contributed by atoms with E-state index in [1.54, 1.807) is 0 Å². The second kappa shape index (κ2) is 20.6. The zero-order valence-electron chi connectivity index (χ0n) is 18.0. The normalized spacial score (nSPS) is 14.0. The van der Waals surface area contributed by atoms with Crippen LogP contribution in [0.5, 0.6) is 0 Å². The van der Waals surface area contributed by atoms with Crippen molar-refractivity contribution >= 4 is 7.82 Å². The van der Waals surface area contributed by atoms with Crippen LogP contribution in [-0.2, 0) is 13.6 Å². The Bertz CT molecular complexity index is 371. The lowest BCUT2D eigenvalue weighted by atomic mass is 10.1. The molecule has 0 radical (unpaired) electrons. The van der Waals surface area contributed by atoms with Crippen LogP contribution in [0.1, 0.15) is 117 Å². The predicted octanol–water partition coefficient (Wildman–Crippen LogP) is 7.96. The van der Waals surface area contributed by atoms with Gasteiger partial charge in [0, 0.05) is 0 Å². The van der Waals surface area contributed by atoms with E-state index < -0.39 is 7.82 Å². The van der Waals surface area contributed by atoms with E-state index in [1.807, 2.05) is 6.92 Å². The average Bonchev–Trinajstić information content (AvgIpc) is 2.64. The van der Waals surface area contributed by atoms with Crippen LogP contribution in [0.2, 0.25) is 0 Å². The van der Waals surface area contributed by atoms with Crippen molar-refractivity contribution in [2.75, 3.05) is 13.2 Å². The van der Waals surface area contributed by atoms with E-state index in [0.29, 0.717) is 6.61 Å². The number of rotatable bonds is 21. The summed E-state index contributed by atoms with van der Waals surface area (Å²) in [5, 5.41) is 0. The second-order valence-corrected chi connectivity index (χ2v) is 8.88. The maximum absolute atomic E-state index is 11.6. The fraction of sp³-hybridized carbons (Fsp3) is 0.909.